The van der Waals surface area contributed by atoms with Gasteiger partial charge >= 0.3 is 108 Å². The van der Waals surface area contributed by atoms with Crippen molar-refractivity contribution >= 4 is 19.4 Å². The Hall–Kier alpha value is -0.581. The molecule has 1 atom stereocenters. The molecule has 0 radical (unpaired) electrons. The molecule has 4 nitrogen and oxygen atoms in total. The molecule has 0 aliphatic heterocycles. The first-order valence-corrected chi connectivity index (χ1v) is 7.31. The first kappa shape index (κ1) is 14.5. The number of aromatic hydroxyl groups is 1. The molecule has 1 rings (SSSR count). The third kappa shape index (κ3) is 4.66. The predicted molar refractivity (Wildman–Crippen MR) is 66.7 cm³/mol. The molecular weight excluding hydrogens is 287 g/mol. The van der Waals surface area contributed by atoms with E-state index < -0.39 is 0 Å². The fraction of sp³-hybridized carbons (Fsp3) is 0.500. The minimum absolute atomic E-state index is 0.101. The van der Waals surface area contributed by atoms with E-state index in [1.807, 2.05) is 13.0 Å². The molecule has 0 aromatic heterocycles. The Morgan fingerprint density at radius 2 is 2.06 bits per heavy atom. The summed E-state index contributed by atoms with van der Waals surface area (Å²) >= 11 is 0.225. The van der Waals surface area contributed by atoms with Gasteiger partial charge in [0.1, 0.15) is 0 Å². The van der Waals surface area contributed by atoms with Crippen LogP contribution >= 0.6 is 0 Å². The second-order valence-electron chi connectivity index (χ2n) is 3.49. The molecule has 0 fully saturated rings. The molecule has 1 N–H and O–H groups in total. The van der Waals surface area contributed by atoms with Gasteiger partial charge in [-0.3, -0.25) is 0 Å². The number of hydrogen-bond donors (Lipinski definition) is 1. The molecule has 0 spiro atoms. The van der Waals surface area contributed by atoms with Crippen molar-refractivity contribution in [3.05, 3.63) is 23.8 Å². The number of hydrogen-bond acceptors (Lipinski definition) is 4. The maximum absolute atomic E-state index is 9.53. The number of methoxy groups -OCH3 is 2. The van der Waals surface area contributed by atoms with Crippen molar-refractivity contribution in [1.29, 1.82) is 0 Å². The van der Waals surface area contributed by atoms with Gasteiger partial charge in [-0.25, -0.2) is 0 Å². The molecule has 0 bridgehead atoms. The van der Waals surface area contributed by atoms with Crippen LogP contribution in [0, 0.1) is 0 Å². The Morgan fingerprint density at radius 3 is 2.71 bits per heavy atom. The Kier molecular flexibility index (Phi) is 6.55. The fourth-order valence-electron chi connectivity index (χ4n) is 1.37. The molecule has 17 heavy (non-hydrogen) atoms. The van der Waals surface area contributed by atoms with Gasteiger partial charge in [-0.05, 0) is 0 Å². The number of phenolic OH excluding ortho intramolecular Hbond substituents is 1. The van der Waals surface area contributed by atoms with Crippen molar-refractivity contribution in [1.82, 2.24) is 0 Å². The van der Waals surface area contributed by atoms with Crippen LogP contribution in [0.1, 0.15) is 18.6 Å². The van der Waals surface area contributed by atoms with Crippen LogP contribution in [0.15, 0.2) is 18.2 Å². The molecule has 0 amide bonds. The third-order valence-electron chi connectivity index (χ3n) is 2.20. The zero-order valence-corrected chi connectivity index (χ0v) is 12.0. The van der Waals surface area contributed by atoms with Crippen LogP contribution in [-0.2, 0) is 14.2 Å². The van der Waals surface area contributed by atoms with Crippen molar-refractivity contribution in [2.24, 2.45) is 0 Å². The third-order valence-corrected chi connectivity index (χ3v) is 4.37. The summed E-state index contributed by atoms with van der Waals surface area (Å²) in [4.78, 5) is 0. The van der Waals surface area contributed by atoms with Crippen molar-refractivity contribution in [3.63, 3.8) is 0 Å². The molecular formula is C12H18O4Se. The van der Waals surface area contributed by atoms with Crippen molar-refractivity contribution in [3.8, 4) is 5.75 Å². The SMILES string of the molecule is COCO[C@@H](C)c1cc(O)ccc1[Se]COC. The van der Waals surface area contributed by atoms with E-state index in [-0.39, 0.29) is 33.6 Å². The normalized spacial score (nSPS) is 12.6. The number of rotatable bonds is 7. The Balaban J connectivity index is 2.81. The van der Waals surface area contributed by atoms with E-state index in [0.717, 1.165) is 5.56 Å². The summed E-state index contributed by atoms with van der Waals surface area (Å²) in [5.41, 5.74) is 1.71. The van der Waals surface area contributed by atoms with E-state index in [9.17, 15) is 5.11 Å². The van der Waals surface area contributed by atoms with Gasteiger partial charge in [0.15, 0.2) is 0 Å². The zero-order valence-electron chi connectivity index (χ0n) is 10.3. The van der Waals surface area contributed by atoms with Gasteiger partial charge in [0.25, 0.3) is 0 Å². The molecule has 5 heteroatoms. The second-order valence-corrected chi connectivity index (χ2v) is 5.51. The molecule has 1 aromatic rings. The van der Waals surface area contributed by atoms with E-state index in [1.54, 1.807) is 26.4 Å². The van der Waals surface area contributed by atoms with Gasteiger partial charge in [-0.15, -0.1) is 0 Å². The topological polar surface area (TPSA) is 47.9 Å². The van der Waals surface area contributed by atoms with Gasteiger partial charge in [-0.2, -0.15) is 0 Å². The van der Waals surface area contributed by atoms with E-state index in [2.05, 4.69) is 0 Å². The van der Waals surface area contributed by atoms with E-state index >= 15 is 0 Å². The molecule has 0 aliphatic rings. The summed E-state index contributed by atoms with van der Waals surface area (Å²) in [5.74, 6) is 0.254. The summed E-state index contributed by atoms with van der Waals surface area (Å²) in [6.07, 6.45) is -0.101. The van der Waals surface area contributed by atoms with Gasteiger partial charge < -0.3 is 0 Å². The standard InChI is InChI=1S/C12H18O4Se/c1-9(16-7-14-2)11-6-10(13)4-5-12(11)17-8-15-3/h4-6,9,13H,7-8H2,1-3H3/t9-/m0/s1. The van der Waals surface area contributed by atoms with Gasteiger partial charge in [0.05, 0.1) is 0 Å². The maximum atomic E-state index is 9.53. The fourth-order valence-corrected chi connectivity index (χ4v) is 3.05. The summed E-state index contributed by atoms with van der Waals surface area (Å²) in [5, 5.41) is 9.53. The van der Waals surface area contributed by atoms with Crippen molar-refractivity contribution in [2.75, 3.05) is 26.5 Å². The van der Waals surface area contributed by atoms with Crippen LogP contribution in [0.25, 0.3) is 0 Å². The molecule has 0 unspecified atom stereocenters. The number of benzene rings is 1. The van der Waals surface area contributed by atoms with E-state index in [1.165, 1.54) is 4.46 Å². The first-order valence-electron chi connectivity index (χ1n) is 5.24. The summed E-state index contributed by atoms with van der Waals surface area (Å²) in [7, 11) is 3.28. The molecule has 0 heterocycles. The van der Waals surface area contributed by atoms with Gasteiger partial charge in [0.2, 0.25) is 0 Å². The Bertz CT molecular complexity index is 343. The molecule has 0 saturated carbocycles. The number of phenols is 1. The van der Waals surface area contributed by atoms with Crippen molar-refractivity contribution in [2.45, 2.75) is 13.0 Å². The molecule has 0 aliphatic carbocycles. The van der Waals surface area contributed by atoms with E-state index in [4.69, 9.17) is 14.2 Å². The monoisotopic (exact) mass is 306 g/mol. The first-order chi connectivity index (χ1) is 8.19. The minimum atomic E-state index is -0.101. The summed E-state index contributed by atoms with van der Waals surface area (Å²) in [6, 6.07) is 5.36. The van der Waals surface area contributed by atoms with Crippen LogP contribution in [-0.4, -0.2) is 46.6 Å². The number of ether oxygens (including phenoxy) is 3. The summed E-state index contributed by atoms with van der Waals surface area (Å²) in [6.45, 7) is 2.19. The van der Waals surface area contributed by atoms with Crippen LogP contribution in [0.3, 0.4) is 0 Å². The molecule has 0 saturated heterocycles. The van der Waals surface area contributed by atoms with Crippen LogP contribution in [0.2, 0.25) is 0 Å². The molecule has 96 valence electrons. The Labute approximate surface area is 108 Å². The zero-order chi connectivity index (χ0) is 12.7. The quantitative estimate of drug-likeness (QED) is 0.603. The van der Waals surface area contributed by atoms with Gasteiger partial charge in [0, 0.05) is 0 Å². The summed E-state index contributed by atoms with van der Waals surface area (Å²) < 4.78 is 16.6. The van der Waals surface area contributed by atoms with Gasteiger partial charge in [-0.1, -0.05) is 0 Å². The average Bonchev–Trinajstić information content (AvgIpc) is 2.34. The predicted octanol–water partition coefficient (Wildman–Crippen LogP) is 1.01. The van der Waals surface area contributed by atoms with Crippen molar-refractivity contribution < 1.29 is 19.3 Å². The average molecular weight is 305 g/mol. The Morgan fingerprint density at radius 1 is 1.29 bits per heavy atom. The second kappa shape index (κ2) is 7.69. The van der Waals surface area contributed by atoms with E-state index in [0.29, 0.717) is 5.51 Å². The van der Waals surface area contributed by atoms with Crippen LogP contribution < -0.4 is 4.46 Å². The van der Waals surface area contributed by atoms with Crippen LogP contribution in [0.4, 0.5) is 0 Å². The van der Waals surface area contributed by atoms with Crippen LogP contribution in [0.5, 0.6) is 5.75 Å². The molecule has 1 aromatic carbocycles.